The molecule has 2 bridgehead atoms. The van der Waals surface area contributed by atoms with Gasteiger partial charge >= 0.3 is 5.97 Å². The maximum Gasteiger partial charge on any atom is 0.335 e. The first-order chi connectivity index (χ1) is 9.49. The summed E-state index contributed by atoms with van der Waals surface area (Å²) in [4.78, 5) is 35.6. The summed E-state index contributed by atoms with van der Waals surface area (Å²) in [5, 5.41) is 8.77. The van der Waals surface area contributed by atoms with E-state index in [4.69, 9.17) is 9.84 Å². The highest BCUT2D eigenvalue weighted by atomic mass is 19.1. The molecule has 2 amide bonds. The molecular formula is C13H10FNO5. The van der Waals surface area contributed by atoms with Crippen molar-refractivity contribution >= 4 is 23.5 Å². The molecule has 1 aromatic carbocycles. The molecule has 2 fully saturated rings. The lowest BCUT2D eigenvalue weighted by atomic mass is 10.1. The van der Waals surface area contributed by atoms with Gasteiger partial charge in [-0.25, -0.2) is 14.1 Å². The molecule has 3 rings (SSSR count). The number of hydrogen-bond acceptors (Lipinski definition) is 4. The third-order valence-electron chi connectivity index (χ3n) is 3.45. The van der Waals surface area contributed by atoms with Crippen molar-refractivity contribution in [2.24, 2.45) is 0 Å². The van der Waals surface area contributed by atoms with Crippen molar-refractivity contribution in [3.63, 3.8) is 0 Å². The minimum absolute atomic E-state index is 0.231. The number of carboxylic acids is 1. The fourth-order valence-electron chi connectivity index (χ4n) is 2.46. The molecule has 1 N–H and O–H groups in total. The molecule has 2 atom stereocenters. The van der Waals surface area contributed by atoms with Gasteiger partial charge in [-0.1, -0.05) is 0 Å². The third-order valence-corrected chi connectivity index (χ3v) is 3.45. The summed E-state index contributed by atoms with van der Waals surface area (Å²) >= 11 is 0. The predicted octanol–water partition coefficient (Wildman–Crippen LogP) is 0.945. The van der Waals surface area contributed by atoms with Gasteiger partial charge in [-0.15, -0.1) is 0 Å². The topological polar surface area (TPSA) is 83.9 Å². The maximum atomic E-state index is 14.0. The second-order valence-corrected chi connectivity index (χ2v) is 4.67. The number of nitrogens with zero attached hydrogens (tertiary/aromatic N) is 1. The zero-order valence-corrected chi connectivity index (χ0v) is 10.2. The van der Waals surface area contributed by atoms with E-state index < -0.39 is 35.8 Å². The van der Waals surface area contributed by atoms with Crippen molar-refractivity contribution in [1.82, 2.24) is 0 Å². The Morgan fingerprint density at radius 3 is 2.35 bits per heavy atom. The number of hydrogen-bond donors (Lipinski definition) is 1. The van der Waals surface area contributed by atoms with Crippen molar-refractivity contribution in [1.29, 1.82) is 0 Å². The smallest absolute Gasteiger partial charge is 0.335 e. The Morgan fingerprint density at radius 1 is 1.25 bits per heavy atom. The third kappa shape index (κ3) is 1.78. The number of carbonyl (C=O) groups is 3. The lowest BCUT2D eigenvalue weighted by Gasteiger charge is -2.30. The number of amides is 2. The minimum atomic E-state index is -1.28. The lowest BCUT2D eigenvalue weighted by molar-refractivity contribution is -0.146. The summed E-state index contributed by atoms with van der Waals surface area (Å²) < 4.78 is 19.2. The number of rotatable bonds is 2. The van der Waals surface area contributed by atoms with Crippen LogP contribution in [0.5, 0.6) is 0 Å². The number of imide groups is 1. The van der Waals surface area contributed by atoms with Crippen LogP contribution in [0.15, 0.2) is 18.2 Å². The summed E-state index contributed by atoms with van der Waals surface area (Å²) in [6.45, 7) is 0. The monoisotopic (exact) mass is 279 g/mol. The molecule has 0 aliphatic carbocycles. The molecule has 2 aliphatic rings. The molecule has 2 unspecified atom stereocenters. The van der Waals surface area contributed by atoms with Crippen molar-refractivity contribution < 1.29 is 28.6 Å². The Bertz CT molecular complexity index is 607. The van der Waals surface area contributed by atoms with Gasteiger partial charge in [-0.2, -0.15) is 0 Å². The van der Waals surface area contributed by atoms with Crippen molar-refractivity contribution in [3.8, 4) is 0 Å². The standard InChI is InChI=1S/C13H10FNO5/c14-7-5-6(13(18)19)1-2-8(7)15-11(16)9-3-4-10(20-9)12(15)17/h1-2,5,9-10H,3-4H2,(H,18,19). The Morgan fingerprint density at radius 2 is 1.85 bits per heavy atom. The van der Waals surface area contributed by atoms with E-state index in [0.29, 0.717) is 12.8 Å². The van der Waals surface area contributed by atoms with E-state index in [2.05, 4.69) is 0 Å². The number of aromatic carboxylic acids is 1. The van der Waals surface area contributed by atoms with Gasteiger partial charge < -0.3 is 9.84 Å². The van der Waals surface area contributed by atoms with E-state index in [1.165, 1.54) is 0 Å². The van der Waals surface area contributed by atoms with Gasteiger partial charge in [0, 0.05) is 0 Å². The fourth-order valence-corrected chi connectivity index (χ4v) is 2.46. The van der Waals surface area contributed by atoms with Crippen LogP contribution in [0.4, 0.5) is 10.1 Å². The van der Waals surface area contributed by atoms with Crippen LogP contribution >= 0.6 is 0 Å². The summed E-state index contributed by atoms with van der Waals surface area (Å²) in [5.41, 5.74) is -0.479. The molecule has 6 nitrogen and oxygen atoms in total. The van der Waals surface area contributed by atoms with Crippen LogP contribution in [0.2, 0.25) is 0 Å². The minimum Gasteiger partial charge on any atom is -0.478 e. The molecule has 2 saturated heterocycles. The van der Waals surface area contributed by atoms with Gasteiger partial charge in [-0.3, -0.25) is 9.59 Å². The molecule has 0 aromatic heterocycles. The Hall–Kier alpha value is -2.28. The molecule has 104 valence electrons. The summed E-state index contributed by atoms with van der Waals surface area (Å²) in [6.07, 6.45) is -0.589. The number of ether oxygens (including phenoxy) is 1. The highest BCUT2D eigenvalue weighted by Gasteiger charge is 2.47. The number of anilines is 1. The molecule has 7 heteroatoms. The first kappa shape index (κ1) is 12.7. The predicted molar refractivity (Wildman–Crippen MR) is 63.7 cm³/mol. The number of fused-ring (bicyclic) bond motifs is 2. The van der Waals surface area contributed by atoms with Crippen LogP contribution in [-0.2, 0) is 14.3 Å². The Kier molecular flexibility index (Phi) is 2.79. The van der Waals surface area contributed by atoms with Gasteiger partial charge in [0.2, 0.25) is 0 Å². The van der Waals surface area contributed by atoms with Crippen LogP contribution in [0, 0.1) is 5.82 Å². The van der Waals surface area contributed by atoms with E-state index in [0.717, 1.165) is 23.1 Å². The Labute approximate surface area is 112 Å². The van der Waals surface area contributed by atoms with Gasteiger partial charge in [0.05, 0.1) is 11.3 Å². The fraction of sp³-hybridized carbons (Fsp3) is 0.308. The molecule has 2 aliphatic heterocycles. The van der Waals surface area contributed by atoms with Crippen LogP contribution in [-0.4, -0.2) is 35.1 Å². The second kappa shape index (κ2) is 4.38. The first-order valence-electron chi connectivity index (χ1n) is 6.05. The van der Waals surface area contributed by atoms with Crippen LogP contribution < -0.4 is 4.90 Å². The van der Waals surface area contributed by atoms with Crippen molar-refractivity contribution in [2.75, 3.05) is 4.90 Å². The highest BCUT2D eigenvalue weighted by molar-refractivity contribution is 6.20. The second-order valence-electron chi connectivity index (χ2n) is 4.67. The van der Waals surface area contributed by atoms with Crippen LogP contribution in [0.1, 0.15) is 23.2 Å². The Balaban J connectivity index is 2.02. The van der Waals surface area contributed by atoms with E-state index >= 15 is 0 Å². The molecule has 20 heavy (non-hydrogen) atoms. The lowest BCUT2D eigenvalue weighted by Crippen LogP contribution is -2.52. The molecular weight excluding hydrogens is 269 g/mol. The van der Waals surface area contributed by atoms with Gasteiger partial charge in [0.1, 0.15) is 18.0 Å². The van der Waals surface area contributed by atoms with E-state index in [1.54, 1.807) is 0 Å². The van der Waals surface area contributed by atoms with Crippen molar-refractivity contribution in [3.05, 3.63) is 29.6 Å². The van der Waals surface area contributed by atoms with Gasteiger partial charge in [0.15, 0.2) is 0 Å². The largest absolute Gasteiger partial charge is 0.478 e. The number of benzene rings is 1. The van der Waals surface area contributed by atoms with Crippen molar-refractivity contribution in [2.45, 2.75) is 25.0 Å². The normalized spacial score (nSPS) is 25.1. The first-order valence-corrected chi connectivity index (χ1v) is 6.05. The average molecular weight is 279 g/mol. The summed E-state index contributed by atoms with van der Waals surface area (Å²) in [6, 6.07) is 3.06. The highest BCUT2D eigenvalue weighted by Crippen LogP contribution is 2.33. The number of halogens is 1. The van der Waals surface area contributed by atoms with Crippen LogP contribution in [0.25, 0.3) is 0 Å². The summed E-state index contributed by atoms with van der Waals surface area (Å²) in [7, 11) is 0. The van der Waals surface area contributed by atoms with E-state index in [-0.39, 0.29) is 11.3 Å². The number of carbonyl (C=O) groups excluding carboxylic acids is 2. The molecule has 1 aromatic rings. The SMILES string of the molecule is O=C(O)c1ccc(N2C(=O)C3CCC(O3)C2=O)c(F)c1. The maximum absolute atomic E-state index is 14.0. The number of morpholine rings is 1. The van der Waals surface area contributed by atoms with Gasteiger partial charge in [-0.05, 0) is 31.0 Å². The molecule has 0 radical (unpaired) electrons. The van der Waals surface area contributed by atoms with E-state index in [9.17, 15) is 18.8 Å². The quantitative estimate of drug-likeness (QED) is 0.815. The molecule has 0 saturated carbocycles. The van der Waals surface area contributed by atoms with Gasteiger partial charge in [0.25, 0.3) is 11.8 Å². The molecule has 0 spiro atoms. The average Bonchev–Trinajstić information content (AvgIpc) is 2.85. The zero-order chi connectivity index (χ0) is 14.4. The van der Waals surface area contributed by atoms with Crippen LogP contribution in [0.3, 0.4) is 0 Å². The summed E-state index contributed by atoms with van der Waals surface area (Å²) in [5.74, 6) is -3.42. The zero-order valence-electron chi connectivity index (χ0n) is 10.2. The molecule has 2 heterocycles. The number of carboxylic acid groups (broad SMARTS) is 1. The van der Waals surface area contributed by atoms with E-state index in [1.807, 2.05) is 0 Å².